The third kappa shape index (κ3) is 3.89. The maximum Gasteiger partial charge on any atom is 0.243 e. The van der Waals surface area contributed by atoms with Crippen molar-refractivity contribution in [2.45, 2.75) is 50.6 Å². The molecule has 0 aliphatic carbocycles. The quantitative estimate of drug-likeness (QED) is 0.773. The Bertz CT molecular complexity index is 1120. The Morgan fingerprint density at radius 1 is 1.26 bits per heavy atom. The summed E-state index contributed by atoms with van der Waals surface area (Å²) in [6, 6.07) is 3.54. The number of halogens is 1. The van der Waals surface area contributed by atoms with Gasteiger partial charge in [-0.1, -0.05) is 0 Å². The lowest BCUT2D eigenvalue weighted by atomic mass is 10.1. The van der Waals surface area contributed by atoms with Crippen LogP contribution < -0.4 is 5.32 Å². The number of rotatable bonds is 4. The van der Waals surface area contributed by atoms with Gasteiger partial charge >= 0.3 is 0 Å². The molecule has 3 heterocycles. The van der Waals surface area contributed by atoms with Gasteiger partial charge in [0, 0.05) is 45.6 Å². The van der Waals surface area contributed by atoms with Gasteiger partial charge in [-0.3, -0.25) is 4.79 Å². The smallest absolute Gasteiger partial charge is 0.243 e. The summed E-state index contributed by atoms with van der Waals surface area (Å²) in [6.07, 6.45) is 2.15. The van der Waals surface area contributed by atoms with Gasteiger partial charge in [-0.05, 0) is 43.5 Å². The monoisotopic (exact) mass is 447 g/mol. The summed E-state index contributed by atoms with van der Waals surface area (Å²) in [6.45, 7) is 4.23. The van der Waals surface area contributed by atoms with E-state index in [1.165, 1.54) is 16.4 Å². The Morgan fingerprint density at radius 2 is 2.03 bits per heavy atom. The maximum atomic E-state index is 13.5. The maximum absolute atomic E-state index is 13.5. The molecule has 10 heteroatoms. The lowest BCUT2D eigenvalue weighted by molar-refractivity contribution is -0.129. The zero-order valence-electron chi connectivity index (χ0n) is 17.9. The summed E-state index contributed by atoms with van der Waals surface area (Å²) in [5, 5.41) is 3.07. The molecule has 0 saturated carbocycles. The number of anilines is 1. The molecule has 0 bridgehead atoms. The minimum absolute atomic E-state index is 0.00163. The van der Waals surface area contributed by atoms with Crippen LogP contribution in [0.1, 0.15) is 48.5 Å². The molecule has 0 radical (unpaired) electrons. The first kappa shape index (κ1) is 21.6. The number of amides is 1. The van der Waals surface area contributed by atoms with Gasteiger partial charge in [-0.15, -0.1) is 0 Å². The van der Waals surface area contributed by atoms with Crippen LogP contribution in [0.25, 0.3) is 0 Å². The van der Waals surface area contributed by atoms with Crippen LogP contribution in [0.3, 0.4) is 0 Å². The van der Waals surface area contributed by atoms with Crippen LogP contribution in [-0.4, -0.2) is 53.6 Å². The fourth-order valence-electron chi connectivity index (χ4n) is 4.42. The third-order valence-corrected chi connectivity index (χ3v) is 7.99. The van der Waals surface area contributed by atoms with E-state index in [0.29, 0.717) is 30.2 Å². The summed E-state index contributed by atoms with van der Waals surface area (Å²) < 4.78 is 41.3. The van der Waals surface area contributed by atoms with E-state index in [1.54, 1.807) is 25.8 Å². The normalized spacial score (nSPS) is 19.4. The van der Waals surface area contributed by atoms with Gasteiger partial charge in [-0.2, -0.15) is 4.31 Å². The van der Waals surface area contributed by atoms with E-state index >= 15 is 0 Å². The molecule has 166 valence electrons. The predicted molar refractivity (Wildman–Crippen MR) is 113 cm³/mol. The summed E-state index contributed by atoms with van der Waals surface area (Å²) in [4.78, 5) is 23.2. The molecular weight excluding hydrogens is 421 g/mol. The molecule has 1 unspecified atom stereocenters. The van der Waals surface area contributed by atoms with Crippen molar-refractivity contribution < 1.29 is 17.6 Å². The highest BCUT2D eigenvalue weighted by molar-refractivity contribution is 7.89. The molecular formula is C21H26FN5O3S. The van der Waals surface area contributed by atoms with Crippen molar-refractivity contribution in [2.75, 3.05) is 25.5 Å². The number of nitrogens with one attached hydrogen (secondary N) is 1. The zero-order chi connectivity index (χ0) is 22.3. The average molecular weight is 448 g/mol. The molecule has 1 aromatic heterocycles. The van der Waals surface area contributed by atoms with Gasteiger partial charge in [0.1, 0.15) is 11.6 Å². The number of carbonyl (C=O) groups excluding carboxylic acids is 1. The van der Waals surface area contributed by atoms with Crippen molar-refractivity contribution in [1.82, 2.24) is 19.2 Å². The first-order valence-electron chi connectivity index (χ1n) is 10.3. The van der Waals surface area contributed by atoms with Gasteiger partial charge in [0.05, 0.1) is 16.6 Å². The SMILES string of the molecule is CNc1nc(C2CCCN2C(C)=O)nc2c1CN(S(=O)(=O)c1ccc(F)cc1C)CC2. The van der Waals surface area contributed by atoms with E-state index in [2.05, 4.69) is 10.3 Å². The summed E-state index contributed by atoms with van der Waals surface area (Å²) in [7, 11) is -2.06. The molecule has 1 aromatic carbocycles. The summed E-state index contributed by atoms with van der Waals surface area (Å²) in [5.41, 5.74) is 1.90. The standard InChI is InChI=1S/C21H26FN5O3S/c1-13-11-15(22)6-7-19(13)31(29,30)26-10-8-17-16(12-26)20(23-3)25-21(24-17)18-5-4-9-27(18)14(2)28/h6-7,11,18H,4-5,8-10,12H2,1-3H3,(H,23,24,25). The van der Waals surface area contributed by atoms with Crippen molar-refractivity contribution in [3.05, 3.63) is 46.7 Å². The molecule has 1 saturated heterocycles. The molecule has 2 aliphatic rings. The molecule has 8 nitrogen and oxygen atoms in total. The Labute approximate surface area is 181 Å². The van der Waals surface area contributed by atoms with E-state index in [4.69, 9.17) is 4.98 Å². The van der Waals surface area contributed by atoms with E-state index in [-0.39, 0.29) is 29.9 Å². The van der Waals surface area contributed by atoms with Gasteiger partial charge in [0.15, 0.2) is 5.82 Å². The predicted octanol–water partition coefficient (Wildman–Crippen LogP) is 2.40. The van der Waals surface area contributed by atoms with Crippen LogP contribution in [0.5, 0.6) is 0 Å². The van der Waals surface area contributed by atoms with Crippen LogP contribution in [0, 0.1) is 12.7 Å². The highest BCUT2D eigenvalue weighted by Gasteiger charge is 2.35. The number of likely N-dealkylation sites (tertiary alicyclic amines) is 1. The molecule has 31 heavy (non-hydrogen) atoms. The molecule has 1 N–H and O–H groups in total. The number of sulfonamides is 1. The number of benzene rings is 1. The number of carbonyl (C=O) groups is 1. The minimum atomic E-state index is -3.79. The van der Waals surface area contributed by atoms with Gasteiger partial charge in [0.2, 0.25) is 15.9 Å². The molecule has 1 fully saturated rings. The summed E-state index contributed by atoms with van der Waals surface area (Å²) in [5.74, 6) is 0.708. The van der Waals surface area contributed by atoms with E-state index in [9.17, 15) is 17.6 Å². The van der Waals surface area contributed by atoms with Crippen molar-refractivity contribution in [3.8, 4) is 0 Å². The lowest BCUT2D eigenvalue weighted by Gasteiger charge is -2.30. The van der Waals surface area contributed by atoms with E-state index < -0.39 is 15.8 Å². The second-order valence-corrected chi connectivity index (χ2v) is 9.88. The fourth-order valence-corrected chi connectivity index (χ4v) is 6.04. The largest absolute Gasteiger partial charge is 0.373 e. The van der Waals surface area contributed by atoms with E-state index in [1.807, 2.05) is 0 Å². The number of aromatic nitrogens is 2. The molecule has 1 atom stereocenters. The zero-order valence-corrected chi connectivity index (χ0v) is 18.7. The number of nitrogens with zero attached hydrogens (tertiary/aromatic N) is 4. The average Bonchev–Trinajstić information content (AvgIpc) is 3.22. The van der Waals surface area contributed by atoms with Crippen LogP contribution in [0.2, 0.25) is 0 Å². The van der Waals surface area contributed by atoms with E-state index in [0.717, 1.165) is 30.2 Å². The van der Waals surface area contributed by atoms with Crippen molar-refractivity contribution >= 4 is 21.7 Å². The Morgan fingerprint density at radius 3 is 2.71 bits per heavy atom. The van der Waals surface area contributed by atoms with Crippen molar-refractivity contribution in [2.24, 2.45) is 0 Å². The molecule has 4 rings (SSSR count). The van der Waals surface area contributed by atoms with Crippen LogP contribution in [0.4, 0.5) is 10.2 Å². The van der Waals surface area contributed by atoms with Crippen LogP contribution in [0.15, 0.2) is 23.1 Å². The van der Waals surface area contributed by atoms with Gasteiger partial charge in [-0.25, -0.2) is 22.8 Å². The fraction of sp³-hybridized carbons (Fsp3) is 0.476. The molecule has 1 amide bonds. The second kappa shape index (κ2) is 8.16. The first-order valence-corrected chi connectivity index (χ1v) is 11.8. The Hall–Kier alpha value is -2.59. The Kier molecular flexibility index (Phi) is 5.69. The first-order chi connectivity index (χ1) is 14.7. The Balaban J connectivity index is 1.67. The molecule has 2 aromatic rings. The highest BCUT2D eigenvalue weighted by atomic mass is 32.2. The van der Waals surface area contributed by atoms with Crippen LogP contribution >= 0.6 is 0 Å². The number of aryl methyl sites for hydroxylation is 1. The van der Waals surface area contributed by atoms with Gasteiger partial charge < -0.3 is 10.2 Å². The number of hydrogen-bond acceptors (Lipinski definition) is 6. The topological polar surface area (TPSA) is 95.5 Å². The number of hydrogen-bond donors (Lipinski definition) is 1. The molecule has 2 aliphatic heterocycles. The van der Waals surface area contributed by atoms with Crippen LogP contribution in [-0.2, 0) is 27.8 Å². The van der Waals surface area contributed by atoms with Crippen molar-refractivity contribution in [3.63, 3.8) is 0 Å². The number of fused-ring (bicyclic) bond motifs is 1. The summed E-state index contributed by atoms with van der Waals surface area (Å²) >= 11 is 0. The third-order valence-electron chi connectivity index (χ3n) is 5.99. The second-order valence-electron chi connectivity index (χ2n) is 7.97. The lowest BCUT2D eigenvalue weighted by Crippen LogP contribution is -2.38. The minimum Gasteiger partial charge on any atom is -0.373 e. The van der Waals surface area contributed by atoms with Gasteiger partial charge in [0.25, 0.3) is 0 Å². The van der Waals surface area contributed by atoms with Crippen molar-refractivity contribution in [1.29, 1.82) is 0 Å². The molecule has 0 spiro atoms. The highest BCUT2D eigenvalue weighted by Crippen LogP contribution is 2.34.